The van der Waals surface area contributed by atoms with Crippen LogP contribution in [0.15, 0.2) is 36.7 Å². The first kappa shape index (κ1) is 18.4. The maximum absolute atomic E-state index is 12.9. The maximum atomic E-state index is 12.9. The molecule has 3 rings (SSSR count). The molecule has 2 N–H and O–H groups in total. The fourth-order valence-corrected chi connectivity index (χ4v) is 2.83. The molecule has 1 unspecified atom stereocenters. The van der Waals surface area contributed by atoms with Gasteiger partial charge in [-0.25, -0.2) is 14.4 Å². The molecule has 1 fully saturated rings. The van der Waals surface area contributed by atoms with Crippen LogP contribution in [0, 0.1) is 11.7 Å². The number of benzene rings is 1. The first-order valence-electron chi connectivity index (χ1n) is 8.31. The lowest BCUT2D eigenvalue weighted by Gasteiger charge is -2.16. The van der Waals surface area contributed by atoms with Crippen molar-refractivity contribution in [2.45, 2.75) is 13.0 Å². The quantitative estimate of drug-likeness (QED) is 0.813. The molecule has 0 bridgehead atoms. The van der Waals surface area contributed by atoms with E-state index in [0.717, 1.165) is 0 Å². The Bertz CT molecular complexity index is 872. The van der Waals surface area contributed by atoms with Gasteiger partial charge in [0.05, 0.1) is 5.92 Å². The second-order valence-corrected chi connectivity index (χ2v) is 6.14. The number of halogens is 1. The van der Waals surface area contributed by atoms with Crippen molar-refractivity contribution in [2.75, 3.05) is 13.1 Å². The van der Waals surface area contributed by atoms with Gasteiger partial charge in [-0.15, -0.1) is 0 Å². The van der Waals surface area contributed by atoms with Crippen LogP contribution in [0.2, 0.25) is 0 Å². The number of carbonyl (C=O) groups excluding carboxylic acids is 2. The van der Waals surface area contributed by atoms with E-state index >= 15 is 0 Å². The van der Waals surface area contributed by atoms with Gasteiger partial charge in [0.2, 0.25) is 0 Å². The molecule has 0 radical (unpaired) electrons. The van der Waals surface area contributed by atoms with Crippen LogP contribution in [-0.4, -0.2) is 50.8 Å². The average molecular weight is 372 g/mol. The Labute approximate surface area is 154 Å². The Hall–Kier alpha value is -3.36. The Morgan fingerprint density at radius 3 is 2.44 bits per heavy atom. The summed E-state index contributed by atoms with van der Waals surface area (Å²) in [5, 5.41) is 11.7. The van der Waals surface area contributed by atoms with E-state index in [1.54, 1.807) is 0 Å². The van der Waals surface area contributed by atoms with Gasteiger partial charge in [0.1, 0.15) is 5.82 Å². The lowest BCUT2D eigenvalue weighted by molar-refractivity contribution is -0.141. The summed E-state index contributed by atoms with van der Waals surface area (Å²) < 4.78 is 12.9. The summed E-state index contributed by atoms with van der Waals surface area (Å²) in [4.78, 5) is 45.5. The van der Waals surface area contributed by atoms with Crippen LogP contribution in [0.4, 0.5) is 4.39 Å². The van der Waals surface area contributed by atoms with Crippen molar-refractivity contribution in [3.05, 3.63) is 59.4 Å². The minimum absolute atomic E-state index is 0.0708. The highest BCUT2D eigenvalue weighted by Crippen LogP contribution is 2.19. The molecule has 8 nitrogen and oxygen atoms in total. The van der Waals surface area contributed by atoms with Gasteiger partial charge < -0.3 is 15.3 Å². The fraction of sp³-hybridized carbons (Fsp3) is 0.278. The number of aliphatic carboxylic acids is 1. The number of hydrogen-bond acceptors (Lipinski definition) is 5. The summed E-state index contributed by atoms with van der Waals surface area (Å²) in [7, 11) is 0. The monoisotopic (exact) mass is 372 g/mol. The number of carbonyl (C=O) groups is 3. The van der Waals surface area contributed by atoms with Crippen molar-refractivity contribution in [3.8, 4) is 0 Å². The highest BCUT2D eigenvalue weighted by atomic mass is 19.1. The SMILES string of the molecule is O=C(NCc1ccc(F)cc1)c1nccnc1C(=O)N1CCC(C(=O)O)C1. The zero-order valence-electron chi connectivity index (χ0n) is 14.3. The number of nitrogens with zero attached hydrogens (tertiary/aromatic N) is 3. The van der Waals surface area contributed by atoms with E-state index in [4.69, 9.17) is 5.11 Å². The first-order chi connectivity index (χ1) is 13.0. The number of carboxylic acid groups (broad SMARTS) is 1. The van der Waals surface area contributed by atoms with E-state index in [0.29, 0.717) is 12.0 Å². The fourth-order valence-electron chi connectivity index (χ4n) is 2.83. The minimum atomic E-state index is -0.957. The largest absolute Gasteiger partial charge is 0.481 e. The average Bonchev–Trinajstić information content (AvgIpc) is 3.17. The van der Waals surface area contributed by atoms with Crippen LogP contribution in [0.5, 0.6) is 0 Å². The van der Waals surface area contributed by atoms with Crippen LogP contribution in [0.3, 0.4) is 0 Å². The van der Waals surface area contributed by atoms with Crippen LogP contribution >= 0.6 is 0 Å². The Kier molecular flexibility index (Phi) is 5.39. The standard InChI is InChI=1S/C18H17FN4O4/c19-13-3-1-11(2-4-13)9-22-16(24)14-15(21-7-6-20-14)17(25)23-8-5-12(10-23)18(26)27/h1-4,6-7,12H,5,8-10H2,(H,22,24)(H,26,27). The Balaban J connectivity index is 1.71. The summed E-state index contributed by atoms with van der Waals surface area (Å²) in [6.45, 7) is 0.485. The summed E-state index contributed by atoms with van der Waals surface area (Å²) in [5.74, 6) is -3.08. The first-order valence-corrected chi connectivity index (χ1v) is 8.31. The van der Waals surface area contributed by atoms with Gasteiger partial charge in [0, 0.05) is 32.0 Å². The highest BCUT2D eigenvalue weighted by molar-refractivity contribution is 6.04. The maximum Gasteiger partial charge on any atom is 0.308 e. The summed E-state index contributed by atoms with van der Waals surface area (Å²) in [6, 6.07) is 5.64. The summed E-state index contributed by atoms with van der Waals surface area (Å²) >= 11 is 0. The number of hydrogen-bond donors (Lipinski definition) is 2. The second-order valence-electron chi connectivity index (χ2n) is 6.14. The predicted octanol–water partition coefficient (Wildman–Crippen LogP) is 1.09. The van der Waals surface area contributed by atoms with E-state index in [-0.39, 0.29) is 36.8 Å². The Morgan fingerprint density at radius 2 is 1.81 bits per heavy atom. The normalized spacial score (nSPS) is 16.2. The van der Waals surface area contributed by atoms with Gasteiger partial charge in [-0.05, 0) is 24.1 Å². The Morgan fingerprint density at radius 1 is 1.15 bits per heavy atom. The molecule has 0 saturated carbocycles. The van der Waals surface area contributed by atoms with Gasteiger partial charge in [0.25, 0.3) is 11.8 Å². The van der Waals surface area contributed by atoms with Crippen molar-refractivity contribution in [2.24, 2.45) is 5.92 Å². The molecule has 1 aromatic heterocycles. The van der Waals surface area contributed by atoms with Gasteiger partial charge in [-0.3, -0.25) is 14.4 Å². The number of likely N-dealkylation sites (tertiary alicyclic amines) is 1. The molecular formula is C18H17FN4O4. The molecule has 1 atom stereocenters. The molecule has 0 spiro atoms. The third-order valence-electron chi connectivity index (χ3n) is 4.31. The predicted molar refractivity (Wildman–Crippen MR) is 91.2 cm³/mol. The topological polar surface area (TPSA) is 112 Å². The van der Waals surface area contributed by atoms with Crippen LogP contribution in [0.1, 0.15) is 33.0 Å². The van der Waals surface area contributed by atoms with Crippen molar-refractivity contribution in [3.63, 3.8) is 0 Å². The molecule has 2 amide bonds. The smallest absolute Gasteiger partial charge is 0.308 e. The number of amides is 2. The molecule has 1 aliphatic heterocycles. The molecule has 9 heteroatoms. The van der Waals surface area contributed by atoms with Crippen molar-refractivity contribution in [1.82, 2.24) is 20.2 Å². The molecular weight excluding hydrogens is 355 g/mol. The number of nitrogens with one attached hydrogen (secondary N) is 1. The van der Waals surface area contributed by atoms with Gasteiger partial charge in [0.15, 0.2) is 11.4 Å². The molecule has 2 aromatic rings. The van der Waals surface area contributed by atoms with Crippen molar-refractivity contribution < 1.29 is 23.9 Å². The number of aromatic nitrogens is 2. The van der Waals surface area contributed by atoms with E-state index in [2.05, 4.69) is 15.3 Å². The van der Waals surface area contributed by atoms with E-state index in [9.17, 15) is 18.8 Å². The summed E-state index contributed by atoms with van der Waals surface area (Å²) in [6.07, 6.45) is 2.95. The molecule has 1 saturated heterocycles. The van der Waals surface area contributed by atoms with Gasteiger partial charge >= 0.3 is 5.97 Å². The van der Waals surface area contributed by atoms with Gasteiger partial charge in [-0.1, -0.05) is 12.1 Å². The molecule has 1 aromatic carbocycles. The van der Waals surface area contributed by atoms with Crippen molar-refractivity contribution >= 4 is 17.8 Å². The van der Waals surface area contributed by atoms with Crippen molar-refractivity contribution in [1.29, 1.82) is 0 Å². The zero-order chi connectivity index (χ0) is 19.4. The van der Waals surface area contributed by atoms with Crippen LogP contribution in [0.25, 0.3) is 0 Å². The third-order valence-corrected chi connectivity index (χ3v) is 4.31. The van der Waals surface area contributed by atoms with E-state index in [1.807, 2.05) is 0 Å². The second kappa shape index (κ2) is 7.90. The number of rotatable bonds is 5. The molecule has 0 aliphatic carbocycles. The van der Waals surface area contributed by atoms with Crippen LogP contribution in [-0.2, 0) is 11.3 Å². The lowest BCUT2D eigenvalue weighted by Crippen LogP contribution is -2.34. The van der Waals surface area contributed by atoms with Crippen LogP contribution < -0.4 is 5.32 Å². The highest BCUT2D eigenvalue weighted by Gasteiger charge is 2.33. The molecule has 2 heterocycles. The lowest BCUT2D eigenvalue weighted by atomic mass is 10.1. The summed E-state index contributed by atoms with van der Waals surface area (Å²) in [5.41, 5.74) is 0.425. The van der Waals surface area contributed by atoms with Gasteiger partial charge in [-0.2, -0.15) is 0 Å². The number of carboxylic acids is 1. The third kappa shape index (κ3) is 4.25. The van der Waals surface area contributed by atoms with E-state index < -0.39 is 23.7 Å². The molecule has 27 heavy (non-hydrogen) atoms. The minimum Gasteiger partial charge on any atom is -0.481 e. The zero-order valence-corrected chi connectivity index (χ0v) is 14.3. The molecule has 140 valence electrons. The van der Waals surface area contributed by atoms with E-state index in [1.165, 1.54) is 41.6 Å². The molecule has 1 aliphatic rings.